The highest BCUT2D eigenvalue weighted by Crippen LogP contribution is 2.61. The lowest BCUT2D eigenvalue weighted by atomic mass is 9.52. The molecule has 0 amide bonds. The monoisotopic (exact) mass is 570 g/mol. The van der Waals surface area contributed by atoms with Crippen molar-refractivity contribution in [2.45, 2.75) is 50.1 Å². The number of nitrogens with one attached hydrogen (secondary N) is 1. The molecule has 214 valence electrons. The second kappa shape index (κ2) is 8.94. The number of carboxylic acid groups (broad SMARTS) is 6. The Bertz CT molecular complexity index is 1530. The SMILES string of the molecule is O=C(O)C1=C2CCC(=N2)C=C2CCC(=CC3=NC(CC3)C3(C(=O)O)N=C1C(C(=O)O)(C(=O)O)C3(C(=O)O)C(=O)O)N2. The van der Waals surface area contributed by atoms with Crippen LogP contribution < -0.4 is 5.32 Å². The lowest BCUT2D eigenvalue weighted by Gasteiger charge is -2.42. The van der Waals surface area contributed by atoms with Crippen LogP contribution in [-0.2, 0) is 28.8 Å². The summed E-state index contributed by atoms with van der Waals surface area (Å²) in [6.07, 6.45) is 3.78. The first-order chi connectivity index (χ1) is 19.2. The van der Waals surface area contributed by atoms with Crippen molar-refractivity contribution >= 4 is 53.0 Å². The molecule has 0 saturated carbocycles. The van der Waals surface area contributed by atoms with Gasteiger partial charge in [-0.2, -0.15) is 0 Å². The van der Waals surface area contributed by atoms with Crippen molar-refractivity contribution in [3.63, 3.8) is 0 Å². The van der Waals surface area contributed by atoms with Gasteiger partial charge in [0.25, 0.3) is 0 Å². The molecule has 0 spiro atoms. The summed E-state index contributed by atoms with van der Waals surface area (Å²) in [7, 11) is 0. The van der Waals surface area contributed by atoms with E-state index < -0.39 is 75.2 Å². The van der Waals surface area contributed by atoms with Crippen molar-refractivity contribution < 1.29 is 59.4 Å². The highest BCUT2D eigenvalue weighted by atomic mass is 16.4. The smallest absolute Gasteiger partial charge is 0.339 e. The number of aliphatic carboxylic acids is 6. The molecule has 0 aliphatic carbocycles. The van der Waals surface area contributed by atoms with Gasteiger partial charge >= 0.3 is 35.8 Å². The maximum atomic E-state index is 13.1. The molecular weight excluding hydrogens is 548 g/mol. The first-order valence-corrected chi connectivity index (χ1v) is 12.3. The van der Waals surface area contributed by atoms with Crippen molar-refractivity contribution in [2.24, 2.45) is 25.8 Å². The third kappa shape index (κ3) is 3.29. The van der Waals surface area contributed by atoms with Crippen LogP contribution in [0, 0.1) is 10.8 Å². The summed E-state index contributed by atoms with van der Waals surface area (Å²) in [5.41, 5.74) is -13.4. The predicted octanol–water partition coefficient (Wildman–Crippen LogP) is -0.0827. The normalized spacial score (nSPS) is 27.2. The Morgan fingerprint density at radius 3 is 1.83 bits per heavy atom. The Labute approximate surface area is 228 Å². The Balaban J connectivity index is 2.03. The molecule has 2 unspecified atom stereocenters. The fourth-order valence-corrected chi connectivity index (χ4v) is 6.50. The molecule has 5 heterocycles. The van der Waals surface area contributed by atoms with Gasteiger partial charge in [-0.15, -0.1) is 0 Å². The molecule has 16 nitrogen and oxygen atoms in total. The maximum Gasteiger partial charge on any atom is 0.339 e. The minimum Gasteiger partial charge on any atom is -0.480 e. The van der Waals surface area contributed by atoms with E-state index in [1.54, 1.807) is 12.2 Å². The molecule has 0 aromatic rings. The number of rotatable bonds is 6. The maximum absolute atomic E-state index is 13.1. The zero-order valence-corrected chi connectivity index (χ0v) is 20.9. The molecule has 0 aromatic carbocycles. The van der Waals surface area contributed by atoms with Crippen LogP contribution in [0.1, 0.15) is 38.5 Å². The Morgan fingerprint density at radius 1 is 0.732 bits per heavy atom. The number of carboxylic acids is 6. The second-order valence-electron chi connectivity index (χ2n) is 10.1. The van der Waals surface area contributed by atoms with Gasteiger partial charge in [0, 0.05) is 22.8 Å². The standard InChI is InChI=1S/C25H22N4O12/c30-17(31)15-13-5-3-11(27-13)7-9-1-2-10(26-9)8-12-4-6-14(28-12)25(22(40)41)24(20(36)37,21(38)39)23(18(32)33,19(34)35)16(15)29-25/h7-8,14,26H,1-6H2,(H,30,31)(H,32,33)(H,34,35)(H,36,37)(H,38,39)(H,40,41). The van der Waals surface area contributed by atoms with Crippen LogP contribution in [0.3, 0.4) is 0 Å². The van der Waals surface area contributed by atoms with E-state index in [4.69, 9.17) is 0 Å². The molecule has 5 aliphatic rings. The van der Waals surface area contributed by atoms with Crippen LogP contribution in [0.5, 0.6) is 0 Å². The molecule has 1 saturated heterocycles. The van der Waals surface area contributed by atoms with Gasteiger partial charge in [0.2, 0.25) is 16.4 Å². The summed E-state index contributed by atoms with van der Waals surface area (Å²) in [6, 6.07) is -1.90. The zero-order chi connectivity index (χ0) is 30.1. The third-order valence-electron chi connectivity index (χ3n) is 8.17. The van der Waals surface area contributed by atoms with Crippen molar-refractivity contribution in [3.8, 4) is 0 Å². The second-order valence-corrected chi connectivity index (χ2v) is 10.1. The van der Waals surface area contributed by atoms with Gasteiger partial charge in [-0.3, -0.25) is 34.2 Å². The summed E-state index contributed by atoms with van der Waals surface area (Å²) >= 11 is 0. The molecule has 1 fully saturated rings. The van der Waals surface area contributed by atoms with E-state index in [9.17, 15) is 59.4 Å². The summed E-state index contributed by atoms with van der Waals surface area (Å²) in [5, 5.41) is 65.6. The lowest BCUT2D eigenvalue weighted by molar-refractivity contribution is -0.197. The largest absolute Gasteiger partial charge is 0.480 e. The third-order valence-corrected chi connectivity index (χ3v) is 8.17. The van der Waals surface area contributed by atoms with Crippen LogP contribution >= 0.6 is 0 Å². The Kier molecular flexibility index (Phi) is 5.98. The van der Waals surface area contributed by atoms with Crippen molar-refractivity contribution in [1.82, 2.24) is 5.32 Å². The number of fused-ring (bicyclic) bond motifs is 6. The molecule has 0 aromatic heterocycles. The Hall–Kier alpha value is -5.15. The van der Waals surface area contributed by atoms with Gasteiger partial charge in [-0.25, -0.2) is 9.59 Å². The van der Waals surface area contributed by atoms with Gasteiger partial charge in [0.05, 0.1) is 17.5 Å². The van der Waals surface area contributed by atoms with Crippen LogP contribution in [0.4, 0.5) is 0 Å². The summed E-state index contributed by atoms with van der Waals surface area (Å²) in [5.74, 6) is -14.9. The molecule has 7 N–H and O–H groups in total. The Morgan fingerprint density at radius 2 is 1.32 bits per heavy atom. The van der Waals surface area contributed by atoms with Gasteiger partial charge < -0.3 is 36.0 Å². The van der Waals surface area contributed by atoms with Crippen molar-refractivity contribution in [3.05, 3.63) is 34.8 Å². The van der Waals surface area contributed by atoms with E-state index in [0.29, 0.717) is 24.3 Å². The highest BCUT2D eigenvalue weighted by Gasteiger charge is 2.89. The minimum atomic E-state index is -4.29. The highest BCUT2D eigenvalue weighted by molar-refractivity contribution is 6.41. The van der Waals surface area contributed by atoms with Gasteiger partial charge in [0.15, 0.2) is 0 Å². The van der Waals surface area contributed by atoms with E-state index in [-0.39, 0.29) is 31.4 Å². The fraction of sp³-hybridized carbons (Fsp3) is 0.400. The van der Waals surface area contributed by atoms with Crippen LogP contribution in [-0.4, -0.2) is 95.2 Å². The van der Waals surface area contributed by atoms with E-state index >= 15 is 0 Å². The molecule has 0 radical (unpaired) electrons. The molecule has 16 heteroatoms. The molecule has 8 bridgehead atoms. The molecule has 2 atom stereocenters. The van der Waals surface area contributed by atoms with Gasteiger partial charge in [-0.1, -0.05) is 0 Å². The van der Waals surface area contributed by atoms with E-state index in [2.05, 4.69) is 20.3 Å². The topological polar surface area (TPSA) is 273 Å². The number of allylic oxidation sites excluding steroid dienone is 5. The number of hydrogen-bond donors (Lipinski definition) is 7. The molecular formula is C25H22N4O12. The van der Waals surface area contributed by atoms with E-state index in [0.717, 1.165) is 5.70 Å². The number of carbonyl (C=O) groups is 6. The average molecular weight is 570 g/mol. The van der Waals surface area contributed by atoms with Crippen LogP contribution in [0.25, 0.3) is 0 Å². The molecule has 5 aliphatic heterocycles. The average Bonchev–Trinajstić information content (AvgIpc) is 3.64. The van der Waals surface area contributed by atoms with E-state index in [1.165, 1.54) is 0 Å². The number of nitrogens with zero attached hydrogens (tertiary/aromatic N) is 3. The lowest BCUT2D eigenvalue weighted by Crippen LogP contribution is -2.73. The summed E-state index contributed by atoms with van der Waals surface area (Å²) in [4.78, 5) is 90.0. The van der Waals surface area contributed by atoms with Crippen LogP contribution in [0.15, 0.2) is 49.8 Å². The zero-order valence-electron chi connectivity index (χ0n) is 20.9. The van der Waals surface area contributed by atoms with Crippen molar-refractivity contribution in [2.75, 3.05) is 0 Å². The van der Waals surface area contributed by atoms with Crippen LogP contribution in [0.2, 0.25) is 0 Å². The first-order valence-electron chi connectivity index (χ1n) is 12.3. The summed E-state index contributed by atoms with van der Waals surface area (Å²) in [6.45, 7) is 0. The van der Waals surface area contributed by atoms with Gasteiger partial charge in [-0.05, 0) is 50.7 Å². The summed E-state index contributed by atoms with van der Waals surface area (Å²) < 4.78 is 0. The van der Waals surface area contributed by atoms with Gasteiger partial charge in [0.1, 0.15) is 5.57 Å². The number of hydrogen-bond acceptors (Lipinski definition) is 10. The quantitative estimate of drug-likeness (QED) is 0.206. The fourth-order valence-electron chi connectivity index (χ4n) is 6.50. The molecule has 41 heavy (non-hydrogen) atoms. The molecule has 5 rings (SSSR count). The van der Waals surface area contributed by atoms with E-state index in [1.807, 2.05) is 0 Å². The first kappa shape index (κ1) is 27.4. The predicted molar refractivity (Wildman–Crippen MR) is 134 cm³/mol. The minimum absolute atomic E-state index is 0.0170. The number of aliphatic imine (C=N–C) groups is 3. The van der Waals surface area contributed by atoms with Crippen molar-refractivity contribution in [1.29, 1.82) is 0 Å².